The molecule has 3 heteroatoms. The molecule has 0 spiro atoms. The van der Waals surface area contributed by atoms with Gasteiger partial charge in [-0.2, -0.15) is 0 Å². The molecule has 43 heavy (non-hydrogen) atoms. The van der Waals surface area contributed by atoms with Gasteiger partial charge in [0.05, 0.1) is 0 Å². The van der Waals surface area contributed by atoms with Gasteiger partial charge in [0.1, 0.15) is 0 Å². The molecule has 0 aromatic rings. The zero-order valence-corrected chi connectivity index (χ0v) is 28.6. The minimum Gasteiger partial charge on any atom is -0.295 e. The first-order valence-electron chi connectivity index (χ1n) is 21.0. The minimum atomic E-state index is 0.900. The molecule has 6 atom stereocenters. The van der Waals surface area contributed by atoms with Crippen LogP contribution < -0.4 is 0 Å². The lowest BCUT2D eigenvalue weighted by Gasteiger charge is -2.66. The number of hydrogen-bond acceptors (Lipinski definition) is 2. The Morgan fingerprint density at radius 2 is 0.558 bits per heavy atom. The second kappa shape index (κ2) is 15.7. The Labute approximate surface area is 268 Å². The molecule has 7 fully saturated rings. The highest BCUT2D eigenvalue weighted by Crippen LogP contribution is 2.60. The summed E-state index contributed by atoms with van der Waals surface area (Å²) >= 11 is 0. The van der Waals surface area contributed by atoms with E-state index in [1.807, 2.05) is 0 Å². The molecule has 2 saturated heterocycles. The van der Waals surface area contributed by atoms with E-state index in [2.05, 4.69) is 9.80 Å². The molecule has 0 radical (unpaired) electrons. The van der Waals surface area contributed by atoms with Gasteiger partial charge < -0.3 is 0 Å². The molecule has 6 unspecified atom stereocenters. The van der Waals surface area contributed by atoms with Crippen molar-refractivity contribution in [1.82, 2.24) is 9.80 Å². The standard InChI is InChI=1S/C40H71BN2/c1-4-12-22-32(23-13-5-1)42-36-28-20-10-16-26-34(36)41-35-27-17-11-21-29-37(35)43(33-24-14-6-2-7-15-25-33)39-31-19-9-3-8-18-30-38(42)40(39)41/h32-40H,1-31H2. The van der Waals surface area contributed by atoms with E-state index in [-0.39, 0.29) is 0 Å². The summed E-state index contributed by atoms with van der Waals surface area (Å²) < 4.78 is 0. The summed E-state index contributed by atoms with van der Waals surface area (Å²) in [6.45, 7) is 1.05. The summed E-state index contributed by atoms with van der Waals surface area (Å²) in [5.41, 5.74) is 0. The van der Waals surface area contributed by atoms with Crippen LogP contribution in [0.1, 0.15) is 199 Å². The van der Waals surface area contributed by atoms with Gasteiger partial charge in [-0.15, -0.1) is 0 Å². The van der Waals surface area contributed by atoms with Crippen LogP contribution >= 0.6 is 0 Å². The number of rotatable bonds is 2. The van der Waals surface area contributed by atoms with E-state index in [1.165, 1.54) is 148 Å². The third-order valence-electron chi connectivity index (χ3n) is 14.9. The van der Waals surface area contributed by atoms with Crippen molar-refractivity contribution in [3.63, 3.8) is 0 Å². The van der Waals surface area contributed by atoms with Crippen molar-refractivity contribution >= 4 is 6.71 Å². The summed E-state index contributed by atoms with van der Waals surface area (Å²) in [5, 5.41) is 0. The van der Waals surface area contributed by atoms with E-state index in [0.717, 1.165) is 60.4 Å². The van der Waals surface area contributed by atoms with Crippen LogP contribution in [0.5, 0.6) is 0 Å². The molecule has 7 rings (SSSR count). The molecule has 244 valence electrons. The summed E-state index contributed by atoms with van der Waals surface area (Å²) in [7, 11) is 0. The van der Waals surface area contributed by atoms with E-state index in [4.69, 9.17) is 0 Å². The summed E-state index contributed by atoms with van der Waals surface area (Å²) in [6.07, 6.45) is 47.4. The zero-order valence-electron chi connectivity index (χ0n) is 28.6. The molecule has 2 aliphatic heterocycles. The fourth-order valence-electron chi connectivity index (χ4n) is 13.3. The molecule has 0 bridgehead atoms. The molecular weight excluding hydrogens is 519 g/mol. The second-order valence-electron chi connectivity index (χ2n) is 17.3. The third kappa shape index (κ3) is 6.99. The van der Waals surface area contributed by atoms with Crippen LogP contribution in [-0.4, -0.2) is 52.8 Å². The van der Waals surface area contributed by atoms with Crippen LogP contribution in [0.3, 0.4) is 0 Å². The molecule has 0 N–H and O–H groups in total. The molecule has 5 aliphatic carbocycles. The van der Waals surface area contributed by atoms with Crippen molar-refractivity contribution in [3.05, 3.63) is 0 Å². The van der Waals surface area contributed by atoms with E-state index in [1.54, 1.807) is 51.4 Å². The Morgan fingerprint density at radius 1 is 0.279 bits per heavy atom. The molecule has 2 heterocycles. The Bertz CT molecular complexity index is 751. The fraction of sp³-hybridized carbons (Fsp3) is 1.00. The number of hydrogen-bond donors (Lipinski definition) is 0. The Kier molecular flexibility index (Phi) is 11.5. The molecule has 5 saturated carbocycles. The van der Waals surface area contributed by atoms with Gasteiger partial charge in [0.2, 0.25) is 0 Å². The number of nitrogens with zero attached hydrogens (tertiary/aromatic N) is 2. The monoisotopic (exact) mass is 591 g/mol. The topological polar surface area (TPSA) is 6.48 Å². The largest absolute Gasteiger partial charge is 0.295 e. The van der Waals surface area contributed by atoms with Crippen LogP contribution in [0.4, 0.5) is 0 Å². The van der Waals surface area contributed by atoms with E-state index >= 15 is 0 Å². The SMILES string of the molecule is C1CCCC(N2C3CCCCCC3B3C4CCCCCC4N(C4CCCCCCC4)C4CCCCCCCC2C34)CCC1. The number of fused-ring (bicyclic) bond motifs is 4. The van der Waals surface area contributed by atoms with Crippen molar-refractivity contribution in [1.29, 1.82) is 0 Å². The predicted molar refractivity (Wildman–Crippen MR) is 187 cm³/mol. The van der Waals surface area contributed by atoms with E-state index < -0.39 is 0 Å². The van der Waals surface area contributed by atoms with Crippen LogP contribution in [0.25, 0.3) is 0 Å². The lowest BCUT2D eigenvalue weighted by atomic mass is 9.20. The predicted octanol–water partition coefficient (Wildman–Crippen LogP) is 11.6. The highest BCUT2D eigenvalue weighted by molar-refractivity contribution is 6.65. The maximum absolute atomic E-state index is 3.45. The maximum atomic E-state index is 3.45. The maximum Gasteiger partial charge on any atom is 0.156 e. The summed E-state index contributed by atoms with van der Waals surface area (Å²) in [4.78, 5) is 6.90. The van der Waals surface area contributed by atoms with Gasteiger partial charge >= 0.3 is 0 Å². The van der Waals surface area contributed by atoms with Gasteiger partial charge in [0.15, 0.2) is 6.71 Å². The van der Waals surface area contributed by atoms with Crippen LogP contribution in [0, 0.1) is 0 Å². The van der Waals surface area contributed by atoms with Crippen LogP contribution in [0.2, 0.25) is 17.5 Å². The van der Waals surface area contributed by atoms with Crippen LogP contribution in [-0.2, 0) is 0 Å². The Morgan fingerprint density at radius 3 is 0.953 bits per heavy atom. The molecule has 0 amide bonds. The minimum absolute atomic E-state index is 0.900. The van der Waals surface area contributed by atoms with Gasteiger partial charge in [-0.25, -0.2) is 0 Å². The quantitative estimate of drug-likeness (QED) is 0.295. The molecular formula is C40H71BN2. The van der Waals surface area contributed by atoms with Crippen molar-refractivity contribution in [2.75, 3.05) is 0 Å². The first-order valence-corrected chi connectivity index (χ1v) is 21.0. The van der Waals surface area contributed by atoms with Crippen molar-refractivity contribution in [2.45, 2.75) is 253 Å². The lowest BCUT2D eigenvalue weighted by molar-refractivity contribution is -0.0287. The smallest absolute Gasteiger partial charge is 0.156 e. The first-order chi connectivity index (χ1) is 21.4. The van der Waals surface area contributed by atoms with Gasteiger partial charge in [-0.1, -0.05) is 148 Å². The average Bonchev–Trinajstić information content (AvgIpc) is 3.38. The Balaban J connectivity index is 1.33. The second-order valence-corrected chi connectivity index (χ2v) is 17.3. The van der Waals surface area contributed by atoms with E-state index in [9.17, 15) is 0 Å². The van der Waals surface area contributed by atoms with Gasteiger partial charge in [0, 0.05) is 36.3 Å². The van der Waals surface area contributed by atoms with Gasteiger partial charge in [0.25, 0.3) is 0 Å². The van der Waals surface area contributed by atoms with E-state index in [0.29, 0.717) is 0 Å². The van der Waals surface area contributed by atoms with Crippen LogP contribution in [0.15, 0.2) is 0 Å². The average molecular weight is 591 g/mol. The third-order valence-corrected chi connectivity index (χ3v) is 14.9. The normalized spacial score (nSPS) is 40.7. The fourth-order valence-corrected chi connectivity index (χ4v) is 13.3. The highest BCUT2D eigenvalue weighted by atomic mass is 15.3. The molecule has 2 nitrogen and oxygen atoms in total. The highest BCUT2D eigenvalue weighted by Gasteiger charge is 2.61. The summed E-state index contributed by atoms with van der Waals surface area (Å²) in [6, 6.07) is 5.47. The Hall–Kier alpha value is -0.0151. The molecule has 0 aromatic carbocycles. The molecule has 0 aromatic heterocycles. The van der Waals surface area contributed by atoms with Gasteiger partial charge in [-0.05, 0) is 68.8 Å². The molecule has 7 aliphatic rings. The van der Waals surface area contributed by atoms with Gasteiger partial charge in [-0.3, -0.25) is 9.80 Å². The van der Waals surface area contributed by atoms with Crippen molar-refractivity contribution in [2.24, 2.45) is 0 Å². The lowest BCUT2D eigenvalue weighted by Crippen LogP contribution is -2.71. The van der Waals surface area contributed by atoms with Crippen molar-refractivity contribution < 1.29 is 0 Å². The zero-order chi connectivity index (χ0) is 28.8. The first kappa shape index (κ1) is 31.6. The summed E-state index contributed by atoms with van der Waals surface area (Å²) in [5.74, 6) is 3.02. The van der Waals surface area contributed by atoms with Crippen molar-refractivity contribution in [3.8, 4) is 0 Å².